The van der Waals surface area contributed by atoms with Crippen LogP contribution in [0.1, 0.15) is 19.4 Å². The third-order valence-corrected chi connectivity index (χ3v) is 3.16. The molecule has 0 saturated carbocycles. The predicted octanol–water partition coefficient (Wildman–Crippen LogP) is 2.07. The molecule has 1 aromatic rings. The quantitative estimate of drug-likeness (QED) is 0.741. The lowest BCUT2D eigenvalue weighted by Crippen LogP contribution is -2.41. The number of fused-ring (bicyclic) bond motifs is 1. The molecule has 0 fully saturated rings. The number of para-hydroxylation sites is 1. The summed E-state index contributed by atoms with van der Waals surface area (Å²) >= 11 is 0. The summed E-state index contributed by atoms with van der Waals surface area (Å²) in [6.45, 7) is 3.79. The Hall–Kier alpha value is -1.58. The van der Waals surface area contributed by atoms with Gasteiger partial charge in [-0.15, -0.1) is 0 Å². The molecule has 86 valence electrons. The summed E-state index contributed by atoms with van der Waals surface area (Å²) in [5.41, 5.74) is 0.746. The fraction of sp³-hybridized carbons (Fsp3) is 0.417. The van der Waals surface area contributed by atoms with Crippen molar-refractivity contribution in [3.8, 4) is 0 Å². The maximum Gasteiger partial charge on any atom is 0.329 e. The molecular formula is C12H14FNO2. The normalized spacial score (nSPS) is 21.1. The Morgan fingerprint density at radius 1 is 1.50 bits per heavy atom. The van der Waals surface area contributed by atoms with Crippen LogP contribution in [-0.4, -0.2) is 19.1 Å². The third kappa shape index (κ3) is 1.37. The Kier molecular flexibility index (Phi) is 2.37. The highest BCUT2D eigenvalue weighted by Gasteiger charge is 2.45. The summed E-state index contributed by atoms with van der Waals surface area (Å²) in [6, 6.07) is 4.32. The van der Waals surface area contributed by atoms with Crippen molar-refractivity contribution < 1.29 is 13.9 Å². The number of carbonyl (C=O) groups is 1. The average molecular weight is 223 g/mol. The molecule has 0 spiro atoms. The molecule has 3 nitrogen and oxygen atoms in total. The van der Waals surface area contributed by atoms with Crippen molar-refractivity contribution in [2.24, 2.45) is 0 Å². The van der Waals surface area contributed by atoms with Gasteiger partial charge in [0.2, 0.25) is 0 Å². The number of esters is 1. The van der Waals surface area contributed by atoms with Crippen LogP contribution in [0.2, 0.25) is 0 Å². The Morgan fingerprint density at radius 2 is 2.19 bits per heavy atom. The van der Waals surface area contributed by atoms with E-state index >= 15 is 0 Å². The highest BCUT2D eigenvalue weighted by molar-refractivity contribution is 5.85. The molecule has 0 aliphatic carbocycles. The van der Waals surface area contributed by atoms with Gasteiger partial charge in [0.15, 0.2) is 0 Å². The van der Waals surface area contributed by atoms with E-state index in [2.05, 4.69) is 5.32 Å². The van der Waals surface area contributed by atoms with E-state index in [-0.39, 0.29) is 11.8 Å². The van der Waals surface area contributed by atoms with Crippen LogP contribution in [0, 0.1) is 5.82 Å². The Morgan fingerprint density at radius 3 is 2.75 bits per heavy atom. The van der Waals surface area contributed by atoms with Crippen molar-refractivity contribution in [2.45, 2.75) is 25.3 Å². The van der Waals surface area contributed by atoms with E-state index in [0.717, 1.165) is 5.56 Å². The lowest BCUT2D eigenvalue weighted by molar-refractivity contribution is -0.142. The first-order chi connectivity index (χ1) is 7.48. The number of benzene rings is 1. The largest absolute Gasteiger partial charge is 0.467 e. The van der Waals surface area contributed by atoms with Crippen molar-refractivity contribution in [2.75, 3.05) is 12.4 Å². The summed E-state index contributed by atoms with van der Waals surface area (Å²) in [4.78, 5) is 11.6. The Bertz CT molecular complexity index is 443. The number of ether oxygens (including phenoxy) is 1. The number of halogens is 1. The molecule has 1 unspecified atom stereocenters. The van der Waals surface area contributed by atoms with Crippen LogP contribution in [0.25, 0.3) is 0 Å². The average Bonchev–Trinajstić information content (AvgIpc) is 2.52. The summed E-state index contributed by atoms with van der Waals surface area (Å²) in [6.07, 6.45) is 0. The van der Waals surface area contributed by atoms with Crippen LogP contribution in [0.4, 0.5) is 10.1 Å². The summed E-state index contributed by atoms with van der Waals surface area (Å²) in [5.74, 6) is -0.711. The van der Waals surface area contributed by atoms with Crippen molar-refractivity contribution in [3.63, 3.8) is 0 Å². The number of hydrogen-bond donors (Lipinski definition) is 1. The van der Waals surface area contributed by atoms with Gasteiger partial charge in [0.25, 0.3) is 0 Å². The minimum atomic E-state index is -0.538. The fourth-order valence-corrected chi connectivity index (χ4v) is 2.16. The number of hydrogen-bond acceptors (Lipinski definition) is 3. The summed E-state index contributed by atoms with van der Waals surface area (Å²) < 4.78 is 18.3. The molecule has 1 aromatic carbocycles. The van der Waals surface area contributed by atoms with Gasteiger partial charge in [-0.2, -0.15) is 0 Å². The van der Waals surface area contributed by atoms with Crippen LogP contribution >= 0.6 is 0 Å². The number of anilines is 1. The van der Waals surface area contributed by atoms with Gasteiger partial charge >= 0.3 is 5.97 Å². The van der Waals surface area contributed by atoms with E-state index in [1.165, 1.54) is 13.2 Å². The summed E-state index contributed by atoms with van der Waals surface area (Å²) in [5, 5.41) is 2.89. The molecule has 0 radical (unpaired) electrons. The molecule has 1 N–H and O–H groups in total. The maximum atomic E-state index is 13.6. The summed E-state index contributed by atoms with van der Waals surface area (Å²) in [7, 11) is 1.33. The van der Waals surface area contributed by atoms with Gasteiger partial charge in [0.05, 0.1) is 12.8 Å². The smallest absolute Gasteiger partial charge is 0.329 e. The lowest BCUT2D eigenvalue weighted by Gasteiger charge is -2.25. The van der Waals surface area contributed by atoms with Gasteiger partial charge < -0.3 is 10.1 Å². The number of carbonyl (C=O) groups excluding carboxylic acids is 1. The van der Waals surface area contributed by atoms with E-state index in [4.69, 9.17) is 4.74 Å². The minimum absolute atomic E-state index is 0.336. The fourth-order valence-electron chi connectivity index (χ4n) is 2.16. The van der Waals surface area contributed by atoms with Crippen molar-refractivity contribution >= 4 is 11.7 Å². The zero-order chi connectivity index (χ0) is 11.9. The molecule has 0 bridgehead atoms. The third-order valence-electron chi connectivity index (χ3n) is 3.16. The van der Waals surface area contributed by atoms with E-state index in [0.29, 0.717) is 5.69 Å². The lowest BCUT2D eigenvalue weighted by atomic mass is 9.80. The van der Waals surface area contributed by atoms with Gasteiger partial charge in [-0.3, -0.25) is 0 Å². The second-order valence-electron chi connectivity index (χ2n) is 4.48. The van der Waals surface area contributed by atoms with Gasteiger partial charge in [0, 0.05) is 5.41 Å². The van der Waals surface area contributed by atoms with E-state index in [9.17, 15) is 9.18 Å². The van der Waals surface area contributed by atoms with Gasteiger partial charge in [-0.1, -0.05) is 26.0 Å². The van der Waals surface area contributed by atoms with Crippen molar-refractivity contribution in [1.29, 1.82) is 0 Å². The first-order valence-corrected chi connectivity index (χ1v) is 5.12. The highest BCUT2D eigenvalue weighted by atomic mass is 19.1. The zero-order valence-electron chi connectivity index (χ0n) is 9.50. The van der Waals surface area contributed by atoms with E-state index < -0.39 is 11.5 Å². The maximum absolute atomic E-state index is 13.6. The standard InChI is InChI=1S/C12H14FNO2/c1-12(2)7-5-4-6-8(13)9(7)14-10(12)11(15)16-3/h4-6,10,14H,1-3H3. The minimum Gasteiger partial charge on any atom is -0.467 e. The molecule has 0 aromatic heterocycles. The van der Waals surface area contributed by atoms with Crippen LogP contribution in [0.15, 0.2) is 18.2 Å². The van der Waals surface area contributed by atoms with Crippen LogP contribution < -0.4 is 5.32 Å². The molecule has 16 heavy (non-hydrogen) atoms. The van der Waals surface area contributed by atoms with E-state index in [1.807, 2.05) is 19.9 Å². The molecular weight excluding hydrogens is 209 g/mol. The molecule has 1 aliphatic rings. The highest BCUT2D eigenvalue weighted by Crippen LogP contribution is 2.42. The van der Waals surface area contributed by atoms with Crippen molar-refractivity contribution in [1.82, 2.24) is 0 Å². The molecule has 4 heteroatoms. The van der Waals surface area contributed by atoms with Gasteiger partial charge in [0.1, 0.15) is 11.9 Å². The monoisotopic (exact) mass is 223 g/mol. The number of nitrogens with one attached hydrogen (secondary N) is 1. The zero-order valence-corrected chi connectivity index (χ0v) is 9.50. The number of methoxy groups -OCH3 is 1. The topological polar surface area (TPSA) is 38.3 Å². The molecule has 2 rings (SSSR count). The molecule has 1 heterocycles. The SMILES string of the molecule is COC(=O)C1Nc2c(F)cccc2C1(C)C. The van der Waals surface area contributed by atoms with Gasteiger partial charge in [-0.05, 0) is 11.6 Å². The van der Waals surface area contributed by atoms with Crippen LogP contribution in [0.5, 0.6) is 0 Å². The van der Waals surface area contributed by atoms with E-state index in [1.54, 1.807) is 6.07 Å². The van der Waals surface area contributed by atoms with Crippen LogP contribution in [0.3, 0.4) is 0 Å². The van der Waals surface area contributed by atoms with Gasteiger partial charge in [-0.25, -0.2) is 9.18 Å². The van der Waals surface area contributed by atoms with Crippen molar-refractivity contribution in [3.05, 3.63) is 29.6 Å². The Labute approximate surface area is 93.6 Å². The molecule has 1 aliphatic heterocycles. The molecule has 0 saturated heterocycles. The second kappa shape index (κ2) is 3.47. The number of rotatable bonds is 1. The Balaban J connectivity index is 2.49. The van der Waals surface area contributed by atoms with Crippen LogP contribution in [-0.2, 0) is 14.9 Å². The first kappa shape index (κ1) is 10.9. The predicted molar refractivity (Wildman–Crippen MR) is 58.9 cm³/mol. The first-order valence-electron chi connectivity index (χ1n) is 5.12. The molecule has 0 amide bonds. The second-order valence-corrected chi connectivity index (χ2v) is 4.48. The molecule has 1 atom stereocenters.